The maximum atomic E-state index is 13.2. The Morgan fingerprint density at radius 2 is 1.97 bits per heavy atom. The Balaban J connectivity index is 1.79. The number of sulfonamides is 1. The highest BCUT2D eigenvalue weighted by atomic mass is 32.2. The first kappa shape index (κ1) is 23.1. The topological polar surface area (TPSA) is 116 Å². The summed E-state index contributed by atoms with van der Waals surface area (Å²) in [7, 11) is -4.13. The molecule has 2 atom stereocenters. The fourth-order valence-corrected chi connectivity index (χ4v) is 5.45. The molecule has 10 heteroatoms. The average molecular weight is 453 g/mol. The van der Waals surface area contributed by atoms with Crippen molar-refractivity contribution in [2.45, 2.75) is 49.8 Å². The molecule has 2 aromatic carbocycles. The minimum absolute atomic E-state index is 0.0265. The molecule has 1 saturated heterocycles. The van der Waals surface area contributed by atoms with Crippen LogP contribution in [0.25, 0.3) is 0 Å². The molecule has 1 aliphatic heterocycles. The van der Waals surface area contributed by atoms with Gasteiger partial charge in [0.1, 0.15) is 24.2 Å². The van der Waals surface area contributed by atoms with Crippen LogP contribution in [0.4, 0.5) is 4.39 Å². The SMILES string of the molecule is Cc1cc(F)ccc1COc1ccc(S(=O)(=O)N2CCC[C@@](C)(O)C2C(=O)NO)cc1. The molecule has 3 rings (SSSR count). The summed E-state index contributed by atoms with van der Waals surface area (Å²) in [6.07, 6.45) is 0.576. The van der Waals surface area contributed by atoms with Crippen LogP contribution in [0.5, 0.6) is 5.75 Å². The third kappa shape index (κ3) is 4.87. The third-order valence-electron chi connectivity index (χ3n) is 5.43. The first-order valence-corrected chi connectivity index (χ1v) is 11.2. The zero-order valence-electron chi connectivity index (χ0n) is 17.2. The molecule has 0 saturated carbocycles. The molecule has 1 amide bonds. The predicted octanol–water partition coefficient (Wildman–Crippen LogP) is 2.12. The smallest absolute Gasteiger partial charge is 0.264 e. The van der Waals surface area contributed by atoms with Gasteiger partial charge in [0.05, 0.1) is 10.5 Å². The Hall–Kier alpha value is -2.53. The quantitative estimate of drug-likeness (QED) is 0.457. The van der Waals surface area contributed by atoms with Crippen LogP contribution in [0.2, 0.25) is 0 Å². The monoisotopic (exact) mass is 452 g/mol. The molecular formula is C21H25FN2O6S. The fraction of sp³-hybridized carbons (Fsp3) is 0.381. The van der Waals surface area contributed by atoms with E-state index < -0.39 is 27.6 Å². The van der Waals surface area contributed by atoms with Crippen molar-refractivity contribution in [3.8, 4) is 5.75 Å². The van der Waals surface area contributed by atoms with Gasteiger partial charge < -0.3 is 9.84 Å². The molecule has 0 radical (unpaired) electrons. The molecule has 3 N–H and O–H groups in total. The van der Waals surface area contributed by atoms with E-state index in [2.05, 4.69) is 0 Å². The summed E-state index contributed by atoms with van der Waals surface area (Å²) in [5.74, 6) is -0.915. The lowest BCUT2D eigenvalue weighted by atomic mass is 9.87. The van der Waals surface area contributed by atoms with Crippen LogP contribution in [0.1, 0.15) is 30.9 Å². The van der Waals surface area contributed by atoms with Crippen LogP contribution in [0.3, 0.4) is 0 Å². The minimum atomic E-state index is -4.13. The summed E-state index contributed by atoms with van der Waals surface area (Å²) in [5, 5.41) is 19.6. The molecule has 2 aromatic rings. The van der Waals surface area contributed by atoms with Crippen molar-refractivity contribution in [1.29, 1.82) is 0 Å². The predicted molar refractivity (Wildman–Crippen MR) is 109 cm³/mol. The lowest BCUT2D eigenvalue weighted by Crippen LogP contribution is -2.62. The number of hydrogen-bond donors (Lipinski definition) is 3. The van der Waals surface area contributed by atoms with E-state index >= 15 is 0 Å². The number of rotatable bonds is 6. The molecule has 1 unspecified atom stereocenters. The summed E-state index contributed by atoms with van der Waals surface area (Å²) in [5.41, 5.74) is 1.35. The number of nitrogens with zero attached hydrogens (tertiary/aromatic N) is 1. The molecule has 1 heterocycles. The highest BCUT2D eigenvalue weighted by molar-refractivity contribution is 7.89. The van der Waals surface area contributed by atoms with Gasteiger partial charge >= 0.3 is 0 Å². The van der Waals surface area contributed by atoms with Gasteiger partial charge in [0, 0.05) is 6.54 Å². The largest absolute Gasteiger partial charge is 0.489 e. The first-order chi connectivity index (χ1) is 14.6. The van der Waals surface area contributed by atoms with Crippen molar-refractivity contribution in [2.24, 2.45) is 0 Å². The van der Waals surface area contributed by atoms with Gasteiger partial charge in [-0.25, -0.2) is 18.3 Å². The van der Waals surface area contributed by atoms with E-state index in [1.165, 1.54) is 48.8 Å². The number of amides is 1. The number of hydroxylamine groups is 1. The van der Waals surface area contributed by atoms with E-state index in [1.807, 2.05) is 0 Å². The van der Waals surface area contributed by atoms with Crippen molar-refractivity contribution in [3.05, 3.63) is 59.4 Å². The number of piperidine rings is 1. The standard InChI is InChI=1S/C21H25FN2O6S/c1-14-12-16(22)5-4-15(14)13-30-17-6-8-18(9-7-17)31(28,29)24-11-3-10-21(2,26)19(24)20(25)23-27/h4-9,12,19,26-27H,3,10-11,13H2,1-2H3,(H,23,25)/t19?,21-/m1/s1. The van der Waals surface area contributed by atoms with Gasteiger partial charge in [-0.3, -0.25) is 10.0 Å². The molecule has 0 spiro atoms. The Bertz CT molecular complexity index is 1060. The summed E-state index contributed by atoms with van der Waals surface area (Å²) >= 11 is 0. The molecule has 8 nitrogen and oxygen atoms in total. The molecule has 1 fully saturated rings. The molecule has 168 valence electrons. The number of benzene rings is 2. The summed E-state index contributed by atoms with van der Waals surface area (Å²) < 4.78 is 46.1. The van der Waals surface area contributed by atoms with Crippen molar-refractivity contribution in [1.82, 2.24) is 9.79 Å². The number of carbonyl (C=O) groups is 1. The first-order valence-electron chi connectivity index (χ1n) is 9.72. The van der Waals surface area contributed by atoms with Gasteiger partial charge in [0.25, 0.3) is 5.91 Å². The van der Waals surface area contributed by atoms with Crippen LogP contribution in [-0.2, 0) is 21.4 Å². The van der Waals surface area contributed by atoms with Crippen molar-refractivity contribution < 1.29 is 32.7 Å². The zero-order valence-corrected chi connectivity index (χ0v) is 18.0. The van der Waals surface area contributed by atoms with Gasteiger partial charge in [-0.1, -0.05) is 6.07 Å². The van der Waals surface area contributed by atoms with E-state index in [1.54, 1.807) is 13.0 Å². The van der Waals surface area contributed by atoms with Gasteiger partial charge in [-0.05, 0) is 74.2 Å². The Kier molecular flexibility index (Phi) is 6.65. The van der Waals surface area contributed by atoms with Crippen LogP contribution >= 0.6 is 0 Å². The number of hydrogen-bond acceptors (Lipinski definition) is 6. The molecular weight excluding hydrogens is 427 g/mol. The molecule has 0 aliphatic carbocycles. The number of aryl methyl sites for hydroxylation is 1. The van der Waals surface area contributed by atoms with Crippen LogP contribution < -0.4 is 10.2 Å². The van der Waals surface area contributed by atoms with Crippen LogP contribution in [0.15, 0.2) is 47.4 Å². The highest BCUT2D eigenvalue weighted by Crippen LogP contribution is 2.32. The lowest BCUT2D eigenvalue weighted by molar-refractivity contribution is -0.144. The molecule has 0 bridgehead atoms. The Morgan fingerprint density at radius 1 is 1.29 bits per heavy atom. The lowest BCUT2D eigenvalue weighted by Gasteiger charge is -2.42. The van der Waals surface area contributed by atoms with E-state index in [-0.39, 0.29) is 30.3 Å². The Labute approximate surface area is 180 Å². The molecule has 1 aliphatic rings. The number of nitrogens with one attached hydrogen (secondary N) is 1. The van der Waals surface area contributed by atoms with Gasteiger partial charge in [0.2, 0.25) is 10.0 Å². The van der Waals surface area contributed by atoms with Gasteiger partial charge in [0.15, 0.2) is 0 Å². The van der Waals surface area contributed by atoms with Crippen molar-refractivity contribution in [3.63, 3.8) is 0 Å². The van der Waals surface area contributed by atoms with Gasteiger partial charge in [-0.2, -0.15) is 4.31 Å². The van der Waals surface area contributed by atoms with E-state index in [0.29, 0.717) is 12.2 Å². The van der Waals surface area contributed by atoms with Crippen LogP contribution in [0, 0.1) is 12.7 Å². The van der Waals surface area contributed by atoms with E-state index in [4.69, 9.17) is 9.94 Å². The Morgan fingerprint density at radius 3 is 2.58 bits per heavy atom. The van der Waals surface area contributed by atoms with E-state index in [9.17, 15) is 22.7 Å². The summed E-state index contributed by atoms with van der Waals surface area (Å²) in [6, 6.07) is 8.56. The van der Waals surface area contributed by atoms with Gasteiger partial charge in [-0.15, -0.1) is 0 Å². The van der Waals surface area contributed by atoms with Crippen molar-refractivity contribution in [2.75, 3.05) is 6.54 Å². The summed E-state index contributed by atoms with van der Waals surface area (Å²) in [6.45, 7) is 3.34. The highest BCUT2D eigenvalue weighted by Gasteiger charge is 2.49. The second kappa shape index (κ2) is 8.91. The third-order valence-corrected chi connectivity index (χ3v) is 7.31. The zero-order chi connectivity index (χ0) is 22.8. The maximum Gasteiger partial charge on any atom is 0.264 e. The van der Waals surface area contributed by atoms with Crippen molar-refractivity contribution >= 4 is 15.9 Å². The molecule has 0 aromatic heterocycles. The maximum absolute atomic E-state index is 13.2. The average Bonchev–Trinajstić information content (AvgIpc) is 2.72. The molecule has 31 heavy (non-hydrogen) atoms. The minimum Gasteiger partial charge on any atom is -0.489 e. The fourth-order valence-electron chi connectivity index (χ4n) is 3.73. The number of ether oxygens (including phenoxy) is 1. The normalized spacial score (nSPS) is 22.2. The summed E-state index contributed by atoms with van der Waals surface area (Å²) in [4.78, 5) is 12.0. The second-order valence-electron chi connectivity index (χ2n) is 7.79. The number of carbonyl (C=O) groups excluding carboxylic acids is 1. The van der Waals surface area contributed by atoms with E-state index in [0.717, 1.165) is 15.4 Å². The second-order valence-corrected chi connectivity index (χ2v) is 9.68. The number of aliphatic hydroxyl groups is 1. The van der Waals surface area contributed by atoms with Crippen LogP contribution in [-0.4, -0.2) is 47.1 Å². The number of halogens is 1.